The van der Waals surface area contributed by atoms with E-state index in [9.17, 15) is 0 Å². The van der Waals surface area contributed by atoms with Gasteiger partial charge in [-0.25, -0.2) is 0 Å². The van der Waals surface area contributed by atoms with E-state index in [4.69, 9.17) is 35.9 Å². The molecule has 2 N–H and O–H groups in total. The summed E-state index contributed by atoms with van der Waals surface area (Å²) >= 11 is 6.56. The molecule has 8 heteroatoms. The Kier molecular flexibility index (Phi) is 7.60. The van der Waals surface area contributed by atoms with Crippen LogP contribution in [0, 0.1) is 6.92 Å². The van der Waals surface area contributed by atoms with Gasteiger partial charge in [-0.05, 0) is 44.4 Å². The third-order valence-electron chi connectivity index (χ3n) is 6.04. The van der Waals surface area contributed by atoms with E-state index in [-0.39, 0.29) is 12.5 Å². The summed E-state index contributed by atoms with van der Waals surface area (Å²) in [6.07, 6.45) is 7.59. The number of rotatable bonds is 9. The number of pyridine rings is 1. The predicted molar refractivity (Wildman–Crippen MR) is 123 cm³/mol. The number of nitrogens with zero attached hydrogens (tertiary/aromatic N) is 3. The molecule has 7 nitrogen and oxygen atoms in total. The Bertz CT molecular complexity index is 995. The number of aryl methyl sites for hydroxylation is 1. The monoisotopic (exact) mass is 458 g/mol. The molecule has 0 amide bonds. The van der Waals surface area contributed by atoms with Crippen LogP contribution in [0.4, 0.5) is 0 Å². The summed E-state index contributed by atoms with van der Waals surface area (Å²) in [7, 11) is 0. The lowest BCUT2D eigenvalue weighted by molar-refractivity contribution is 0.211. The standard InChI is InChI=1S/C24H31ClN4O3/c1-15-11-18(13-20(25)22(15)31-10-8-26-7-9-30)23-28-24(32-29-23)19-12-16(2)27-21(14-19)17-5-3-4-6-17/h11-12,14,17-18,26,30H,3-10,13H2,1-2H3. The Morgan fingerprint density at radius 3 is 2.75 bits per heavy atom. The highest BCUT2D eigenvalue weighted by Crippen LogP contribution is 2.38. The fourth-order valence-electron chi connectivity index (χ4n) is 4.47. The van der Waals surface area contributed by atoms with Crippen LogP contribution in [0.25, 0.3) is 11.5 Å². The van der Waals surface area contributed by atoms with Crippen molar-refractivity contribution < 1.29 is 14.4 Å². The number of hydrogen-bond donors (Lipinski definition) is 2. The van der Waals surface area contributed by atoms with Crippen LogP contribution in [0.2, 0.25) is 0 Å². The Morgan fingerprint density at radius 2 is 2.00 bits per heavy atom. The minimum atomic E-state index is -0.0582. The van der Waals surface area contributed by atoms with Gasteiger partial charge in [0.2, 0.25) is 0 Å². The van der Waals surface area contributed by atoms with Crippen molar-refractivity contribution in [1.82, 2.24) is 20.4 Å². The van der Waals surface area contributed by atoms with Crippen LogP contribution in [0.1, 0.15) is 68.1 Å². The summed E-state index contributed by atoms with van der Waals surface area (Å²) in [6, 6.07) is 4.10. The van der Waals surface area contributed by atoms with E-state index in [1.807, 2.05) is 19.9 Å². The van der Waals surface area contributed by atoms with E-state index in [0.29, 0.717) is 54.5 Å². The van der Waals surface area contributed by atoms with E-state index in [0.717, 1.165) is 22.5 Å². The molecule has 172 valence electrons. The second kappa shape index (κ2) is 10.6. The normalized spacial score (nSPS) is 19.5. The maximum absolute atomic E-state index is 8.82. The van der Waals surface area contributed by atoms with Gasteiger partial charge in [-0.2, -0.15) is 4.98 Å². The summed E-state index contributed by atoms with van der Waals surface area (Å²) in [4.78, 5) is 9.45. The number of halogens is 1. The van der Waals surface area contributed by atoms with Crippen molar-refractivity contribution >= 4 is 11.6 Å². The molecule has 0 saturated heterocycles. The molecule has 1 atom stereocenters. The van der Waals surface area contributed by atoms with Gasteiger partial charge in [0, 0.05) is 48.3 Å². The van der Waals surface area contributed by atoms with Crippen molar-refractivity contribution in [2.45, 2.75) is 57.8 Å². The molecular weight excluding hydrogens is 428 g/mol. The molecule has 0 bridgehead atoms. The highest BCUT2D eigenvalue weighted by Gasteiger charge is 2.26. The van der Waals surface area contributed by atoms with Gasteiger partial charge in [-0.15, -0.1) is 0 Å². The van der Waals surface area contributed by atoms with Crippen molar-refractivity contribution in [2.75, 3.05) is 26.3 Å². The summed E-state index contributed by atoms with van der Waals surface area (Å²) in [5.74, 6) is 2.33. The molecule has 1 fully saturated rings. The zero-order chi connectivity index (χ0) is 22.5. The van der Waals surface area contributed by atoms with Gasteiger partial charge in [0.1, 0.15) is 12.4 Å². The van der Waals surface area contributed by atoms with Crippen molar-refractivity contribution in [2.24, 2.45) is 0 Å². The van der Waals surface area contributed by atoms with E-state index in [1.54, 1.807) is 0 Å². The van der Waals surface area contributed by atoms with E-state index >= 15 is 0 Å². The summed E-state index contributed by atoms with van der Waals surface area (Å²) in [6.45, 7) is 5.78. The van der Waals surface area contributed by atoms with Gasteiger partial charge in [-0.1, -0.05) is 35.7 Å². The second-order valence-corrected chi connectivity index (χ2v) is 9.03. The average Bonchev–Trinajstić information content (AvgIpc) is 3.47. The number of allylic oxidation sites excluding steroid dienone is 3. The molecule has 2 heterocycles. The molecule has 0 aliphatic heterocycles. The largest absolute Gasteiger partial charge is 0.491 e. The van der Waals surface area contributed by atoms with Crippen LogP contribution in [0.5, 0.6) is 0 Å². The SMILES string of the molecule is CC1=CC(c2noc(-c3cc(C)nc(C4CCCC4)c3)n2)CC(Cl)=C1OCCNCCO. The number of nitrogens with one attached hydrogen (secondary N) is 1. The van der Waals surface area contributed by atoms with Gasteiger partial charge < -0.3 is 19.7 Å². The molecule has 4 rings (SSSR count). The number of aliphatic hydroxyl groups is 1. The lowest BCUT2D eigenvalue weighted by atomic mass is 9.94. The first-order valence-corrected chi connectivity index (χ1v) is 11.8. The Labute approximate surface area is 193 Å². The van der Waals surface area contributed by atoms with Gasteiger partial charge in [-0.3, -0.25) is 4.98 Å². The topological polar surface area (TPSA) is 93.3 Å². The van der Waals surface area contributed by atoms with Gasteiger partial charge in [0.25, 0.3) is 5.89 Å². The summed E-state index contributed by atoms with van der Waals surface area (Å²) in [5, 5.41) is 16.8. The Balaban J connectivity index is 1.45. The fourth-order valence-corrected chi connectivity index (χ4v) is 4.84. The zero-order valence-electron chi connectivity index (χ0n) is 18.7. The minimum absolute atomic E-state index is 0.0582. The van der Waals surface area contributed by atoms with Crippen LogP contribution in [0.3, 0.4) is 0 Å². The first-order valence-electron chi connectivity index (χ1n) is 11.4. The Hall–Kier alpha value is -2.22. The van der Waals surface area contributed by atoms with Crippen LogP contribution < -0.4 is 5.32 Å². The maximum Gasteiger partial charge on any atom is 0.258 e. The molecular formula is C24H31ClN4O3. The van der Waals surface area contributed by atoms with E-state index in [1.165, 1.54) is 25.7 Å². The third-order valence-corrected chi connectivity index (χ3v) is 6.36. The predicted octanol–water partition coefficient (Wildman–Crippen LogP) is 4.58. The van der Waals surface area contributed by atoms with Gasteiger partial charge in [0.15, 0.2) is 5.82 Å². The lowest BCUT2D eigenvalue weighted by Gasteiger charge is -2.21. The highest BCUT2D eigenvalue weighted by atomic mass is 35.5. The molecule has 2 aromatic heterocycles. The van der Waals surface area contributed by atoms with Crippen molar-refractivity contribution in [3.8, 4) is 11.5 Å². The average molecular weight is 459 g/mol. The van der Waals surface area contributed by atoms with Gasteiger partial charge >= 0.3 is 0 Å². The molecule has 2 aliphatic rings. The van der Waals surface area contributed by atoms with Crippen molar-refractivity contribution in [3.05, 3.63) is 51.8 Å². The van der Waals surface area contributed by atoms with Crippen LogP contribution in [0.15, 0.2) is 39.1 Å². The molecule has 1 saturated carbocycles. The van der Waals surface area contributed by atoms with Crippen molar-refractivity contribution in [3.63, 3.8) is 0 Å². The van der Waals surface area contributed by atoms with Crippen LogP contribution in [-0.2, 0) is 4.74 Å². The number of ether oxygens (including phenoxy) is 1. The fraction of sp³-hybridized carbons (Fsp3) is 0.542. The first-order chi connectivity index (χ1) is 15.5. The van der Waals surface area contributed by atoms with Gasteiger partial charge in [0.05, 0.1) is 11.6 Å². The van der Waals surface area contributed by atoms with Crippen LogP contribution >= 0.6 is 11.6 Å². The zero-order valence-corrected chi connectivity index (χ0v) is 19.5. The number of aliphatic hydroxyl groups excluding tert-OH is 1. The van der Waals surface area contributed by atoms with E-state index < -0.39 is 0 Å². The highest BCUT2D eigenvalue weighted by molar-refractivity contribution is 6.30. The summed E-state index contributed by atoms with van der Waals surface area (Å²) < 4.78 is 11.5. The molecule has 2 aromatic rings. The molecule has 32 heavy (non-hydrogen) atoms. The molecule has 2 aliphatic carbocycles. The smallest absolute Gasteiger partial charge is 0.258 e. The molecule has 1 unspecified atom stereocenters. The van der Waals surface area contributed by atoms with E-state index in [2.05, 4.69) is 22.6 Å². The molecule has 0 spiro atoms. The second-order valence-electron chi connectivity index (χ2n) is 8.58. The van der Waals surface area contributed by atoms with Crippen LogP contribution in [-0.4, -0.2) is 46.5 Å². The molecule has 0 radical (unpaired) electrons. The molecule has 0 aromatic carbocycles. The minimum Gasteiger partial charge on any atom is -0.491 e. The van der Waals surface area contributed by atoms with Crippen molar-refractivity contribution in [1.29, 1.82) is 0 Å². The maximum atomic E-state index is 8.82. The number of hydrogen-bond acceptors (Lipinski definition) is 7. The number of aromatic nitrogens is 3. The lowest BCUT2D eigenvalue weighted by Crippen LogP contribution is -2.23. The quantitative estimate of drug-likeness (QED) is 0.531. The first kappa shape index (κ1) is 23.0. The third kappa shape index (κ3) is 5.39. The Morgan fingerprint density at radius 1 is 1.19 bits per heavy atom. The summed E-state index contributed by atoms with van der Waals surface area (Å²) in [5.41, 5.74) is 3.99.